The maximum Gasteiger partial charge on any atom is 0.274 e. The van der Waals surface area contributed by atoms with Gasteiger partial charge in [-0.25, -0.2) is 18.4 Å². The topological polar surface area (TPSA) is 97.1 Å². The lowest BCUT2D eigenvalue weighted by Gasteiger charge is -2.49. The number of amides is 1. The van der Waals surface area contributed by atoms with Crippen LogP contribution in [-0.4, -0.2) is 81.5 Å². The zero-order chi connectivity index (χ0) is 19.5. The fraction of sp³-hybridized carbons (Fsp3) is 0.611. The highest BCUT2D eigenvalue weighted by molar-refractivity contribution is 7.88. The van der Waals surface area contributed by atoms with Crippen LogP contribution in [-0.2, 0) is 14.8 Å². The Morgan fingerprint density at radius 3 is 2.71 bits per heavy atom. The molecule has 3 fully saturated rings. The molecule has 2 bridgehead atoms. The van der Waals surface area contributed by atoms with Crippen molar-refractivity contribution in [1.82, 2.24) is 23.6 Å². The number of piperidine rings is 1. The Kier molecular flexibility index (Phi) is 4.01. The highest BCUT2D eigenvalue weighted by Gasteiger charge is 2.53. The third-order valence-electron chi connectivity index (χ3n) is 6.21. The van der Waals surface area contributed by atoms with Gasteiger partial charge in [0.2, 0.25) is 15.8 Å². The average molecular weight is 405 g/mol. The molecule has 10 heteroatoms. The number of carbonyl (C=O) groups excluding carboxylic acids is 1. The lowest BCUT2D eigenvalue weighted by atomic mass is 9.84. The number of sulfonamides is 1. The summed E-state index contributed by atoms with van der Waals surface area (Å²) >= 11 is 0. The van der Waals surface area contributed by atoms with E-state index in [1.165, 1.54) is 10.6 Å². The molecule has 0 aliphatic carbocycles. The Bertz CT molecular complexity index is 989. The van der Waals surface area contributed by atoms with Crippen LogP contribution >= 0.6 is 0 Å². The Balaban J connectivity index is 1.39. The summed E-state index contributed by atoms with van der Waals surface area (Å²) in [6, 6.07) is 1.89. The van der Waals surface area contributed by atoms with Gasteiger partial charge in [0, 0.05) is 43.8 Å². The van der Waals surface area contributed by atoms with E-state index < -0.39 is 15.6 Å². The fourth-order valence-corrected chi connectivity index (χ4v) is 5.92. The summed E-state index contributed by atoms with van der Waals surface area (Å²) in [5.74, 6) is 0.426. The summed E-state index contributed by atoms with van der Waals surface area (Å²) in [7, 11) is -3.25. The van der Waals surface area contributed by atoms with E-state index in [1.807, 2.05) is 11.1 Å². The molecule has 3 atom stereocenters. The van der Waals surface area contributed by atoms with Crippen LogP contribution < -0.4 is 0 Å². The second kappa shape index (κ2) is 6.23. The summed E-state index contributed by atoms with van der Waals surface area (Å²) in [5.41, 5.74) is -0.0985. The lowest BCUT2D eigenvalue weighted by molar-refractivity contribution is -0.129. The minimum absolute atomic E-state index is 0.0449. The Morgan fingerprint density at radius 1 is 1.29 bits per heavy atom. The van der Waals surface area contributed by atoms with Crippen LogP contribution in [0.1, 0.15) is 36.2 Å². The zero-order valence-corrected chi connectivity index (χ0v) is 16.5. The maximum atomic E-state index is 13.2. The predicted octanol–water partition coefficient (Wildman–Crippen LogP) is 0.527. The highest BCUT2D eigenvalue weighted by Crippen LogP contribution is 2.44. The molecule has 0 radical (unpaired) electrons. The first-order valence-electron chi connectivity index (χ1n) is 9.56. The monoisotopic (exact) mass is 405 g/mol. The van der Waals surface area contributed by atoms with Gasteiger partial charge in [-0.2, -0.15) is 4.31 Å². The summed E-state index contributed by atoms with van der Waals surface area (Å²) in [5, 5.41) is 0. The van der Waals surface area contributed by atoms with E-state index in [9.17, 15) is 13.2 Å². The molecule has 1 spiro atoms. The summed E-state index contributed by atoms with van der Waals surface area (Å²) in [4.78, 5) is 23.7. The second-order valence-electron chi connectivity index (χ2n) is 8.09. The van der Waals surface area contributed by atoms with Crippen LogP contribution in [0.4, 0.5) is 0 Å². The molecule has 1 unspecified atom stereocenters. The van der Waals surface area contributed by atoms with E-state index in [0.717, 1.165) is 12.8 Å². The van der Waals surface area contributed by atoms with Crippen molar-refractivity contribution in [1.29, 1.82) is 0 Å². The molecular formula is C18H23N5O4S. The molecule has 2 aromatic heterocycles. The van der Waals surface area contributed by atoms with Crippen molar-refractivity contribution in [2.45, 2.75) is 43.4 Å². The Labute approximate surface area is 163 Å². The first-order valence-corrected chi connectivity index (χ1v) is 11.4. The molecule has 150 valence electrons. The third-order valence-corrected chi connectivity index (χ3v) is 7.46. The number of hydrogen-bond donors (Lipinski definition) is 0. The number of fused-ring (bicyclic) bond motifs is 3. The van der Waals surface area contributed by atoms with Crippen LogP contribution in [0.15, 0.2) is 24.7 Å². The smallest absolute Gasteiger partial charge is 0.274 e. The van der Waals surface area contributed by atoms with Crippen LogP contribution in [0.25, 0.3) is 5.78 Å². The number of ether oxygens (including phenoxy) is 1. The van der Waals surface area contributed by atoms with Gasteiger partial charge in [0.05, 0.1) is 18.5 Å². The van der Waals surface area contributed by atoms with Crippen LogP contribution in [0, 0.1) is 0 Å². The first kappa shape index (κ1) is 18.0. The summed E-state index contributed by atoms with van der Waals surface area (Å²) in [6.45, 7) is 1.17. The Hall–Kier alpha value is -2.04. The molecule has 3 aliphatic rings. The van der Waals surface area contributed by atoms with Gasteiger partial charge in [0.25, 0.3) is 5.91 Å². The first-order chi connectivity index (χ1) is 13.3. The van der Waals surface area contributed by atoms with E-state index >= 15 is 0 Å². The number of imidazole rings is 1. The van der Waals surface area contributed by atoms with E-state index in [2.05, 4.69) is 9.97 Å². The minimum Gasteiger partial charge on any atom is -0.372 e. The molecular weight excluding hydrogens is 382 g/mol. The summed E-state index contributed by atoms with van der Waals surface area (Å²) < 4.78 is 33.4. The van der Waals surface area contributed by atoms with Gasteiger partial charge in [0.1, 0.15) is 5.69 Å². The molecule has 0 aromatic carbocycles. The van der Waals surface area contributed by atoms with Crippen molar-refractivity contribution in [2.24, 2.45) is 0 Å². The number of carbonyl (C=O) groups is 1. The van der Waals surface area contributed by atoms with Crippen LogP contribution in [0.2, 0.25) is 0 Å². The normalized spacial score (nSPS) is 31.0. The Morgan fingerprint density at radius 2 is 2.04 bits per heavy atom. The van der Waals surface area contributed by atoms with Gasteiger partial charge in [-0.15, -0.1) is 0 Å². The van der Waals surface area contributed by atoms with Crippen molar-refractivity contribution in [3.63, 3.8) is 0 Å². The number of morpholine rings is 1. The van der Waals surface area contributed by atoms with Crippen molar-refractivity contribution in [3.8, 4) is 0 Å². The van der Waals surface area contributed by atoms with E-state index in [1.54, 1.807) is 22.9 Å². The number of nitrogens with zero attached hydrogens (tertiary/aromatic N) is 5. The van der Waals surface area contributed by atoms with Gasteiger partial charge < -0.3 is 9.64 Å². The van der Waals surface area contributed by atoms with Crippen molar-refractivity contribution in [3.05, 3.63) is 30.4 Å². The predicted molar refractivity (Wildman–Crippen MR) is 100 cm³/mol. The second-order valence-corrected chi connectivity index (χ2v) is 10.1. The van der Waals surface area contributed by atoms with Crippen LogP contribution in [0.3, 0.4) is 0 Å². The highest BCUT2D eigenvalue weighted by atomic mass is 32.2. The van der Waals surface area contributed by atoms with Crippen LogP contribution in [0.5, 0.6) is 0 Å². The molecule has 9 nitrogen and oxygen atoms in total. The molecule has 5 rings (SSSR count). The molecule has 3 aliphatic heterocycles. The zero-order valence-electron chi connectivity index (χ0n) is 15.7. The molecule has 0 N–H and O–H groups in total. The fourth-order valence-electron chi connectivity index (χ4n) is 5.04. The molecule has 5 heterocycles. The SMILES string of the molecule is CS(=O)(=O)N1CCOC2(C[C@H]3CC[C@@H](C2)N3C(=O)c2cn3cccnc3n2)C1. The van der Waals surface area contributed by atoms with Gasteiger partial charge >= 0.3 is 0 Å². The molecule has 28 heavy (non-hydrogen) atoms. The van der Waals surface area contributed by atoms with Gasteiger partial charge in [-0.05, 0) is 31.7 Å². The maximum absolute atomic E-state index is 13.2. The number of hydrogen-bond acceptors (Lipinski definition) is 6. The van der Waals surface area contributed by atoms with E-state index in [4.69, 9.17) is 4.74 Å². The average Bonchev–Trinajstić information content (AvgIpc) is 3.20. The quantitative estimate of drug-likeness (QED) is 0.723. The standard InChI is InChI=1S/C18H23N5O4S/c1-28(25,26)22-7-8-27-18(12-22)9-13-3-4-14(10-18)23(13)16(24)15-11-21-6-2-5-19-17(21)20-15/h2,5-6,11,13-14H,3-4,7-10,12H2,1H3/t13-,14+,18?. The van der Waals surface area contributed by atoms with Crippen molar-refractivity contribution in [2.75, 3.05) is 26.0 Å². The molecule has 2 aromatic rings. The molecule has 0 saturated carbocycles. The summed E-state index contributed by atoms with van der Waals surface area (Å²) in [6.07, 6.45) is 9.58. The van der Waals surface area contributed by atoms with E-state index in [-0.39, 0.29) is 18.0 Å². The van der Waals surface area contributed by atoms with Crippen molar-refractivity contribution < 1.29 is 17.9 Å². The largest absolute Gasteiger partial charge is 0.372 e. The third kappa shape index (κ3) is 2.90. The van der Waals surface area contributed by atoms with Crippen molar-refractivity contribution >= 4 is 21.7 Å². The lowest BCUT2D eigenvalue weighted by Crippen LogP contribution is -2.61. The van der Waals surface area contributed by atoms with Gasteiger partial charge in [-0.1, -0.05) is 0 Å². The number of aromatic nitrogens is 3. The van der Waals surface area contributed by atoms with E-state index in [0.29, 0.717) is 44.0 Å². The molecule has 1 amide bonds. The molecule has 3 saturated heterocycles. The minimum atomic E-state index is -3.25. The number of rotatable bonds is 2. The van der Waals surface area contributed by atoms with Gasteiger partial charge in [-0.3, -0.25) is 9.20 Å². The van der Waals surface area contributed by atoms with Gasteiger partial charge in [0.15, 0.2) is 0 Å².